The number of phosphoric acid groups is 1. The summed E-state index contributed by atoms with van der Waals surface area (Å²) in [6.45, 7) is 4.13. The predicted molar refractivity (Wildman–Crippen MR) is 424 cm³/mol. The number of allylic oxidation sites excluding steroid dienone is 24. The lowest BCUT2D eigenvalue weighted by atomic mass is 10.0. The minimum absolute atomic E-state index is 0.0406. The Balaban J connectivity index is 4.05. The summed E-state index contributed by atoms with van der Waals surface area (Å²) in [5, 5.41) is 0. The minimum Gasteiger partial charge on any atom is -0.756 e. The van der Waals surface area contributed by atoms with E-state index in [2.05, 4.69) is 160 Å². The van der Waals surface area contributed by atoms with Crippen molar-refractivity contribution in [1.82, 2.24) is 0 Å². The lowest BCUT2D eigenvalue weighted by Gasteiger charge is -2.28. The number of ether oxygens (including phenoxy) is 2. The zero-order chi connectivity index (χ0) is 71.1. The monoisotopic (exact) mass is 1380 g/mol. The van der Waals surface area contributed by atoms with Crippen LogP contribution in [0.5, 0.6) is 0 Å². The highest BCUT2D eigenvalue weighted by molar-refractivity contribution is 7.45. The van der Waals surface area contributed by atoms with Crippen LogP contribution in [0.25, 0.3) is 0 Å². The maximum atomic E-state index is 12.9. The van der Waals surface area contributed by atoms with Gasteiger partial charge in [-0.1, -0.05) is 359 Å². The average Bonchev–Trinajstić information content (AvgIpc) is 1.23. The largest absolute Gasteiger partial charge is 0.756 e. The zero-order valence-corrected chi connectivity index (χ0v) is 65.1. The third-order valence-corrected chi connectivity index (χ3v) is 18.3. The third kappa shape index (κ3) is 80.9. The molecular formula is C88H152NO8P. The molecule has 10 heteroatoms. The van der Waals surface area contributed by atoms with Crippen molar-refractivity contribution in [3.63, 3.8) is 0 Å². The second-order valence-corrected chi connectivity index (χ2v) is 29.5. The predicted octanol–water partition coefficient (Wildman–Crippen LogP) is 26.6. The molecule has 0 aliphatic heterocycles. The summed E-state index contributed by atoms with van der Waals surface area (Å²) < 4.78 is 34.4. The van der Waals surface area contributed by atoms with Gasteiger partial charge in [0.05, 0.1) is 27.7 Å². The number of phosphoric ester groups is 1. The Hall–Kier alpha value is -4.11. The van der Waals surface area contributed by atoms with E-state index in [0.29, 0.717) is 17.4 Å². The molecule has 0 aromatic carbocycles. The molecule has 562 valence electrons. The minimum atomic E-state index is -4.66. The van der Waals surface area contributed by atoms with E-state index in [0.717, 1.165) is 122 Å². The number of hydrogen-bond donors (Lipinski definition) is 0. The fourth-order valence-electron chi connectivity index (χ4n) is 11.2. The summed E-state index contributed by atoms with van der Waals surface area (Å²) in [5.74, 6) is -0.852. The van der Waals surface area contributed by atoms with Gasteiger partial charge in [-0.3, -0.25) is 14.2 Å². The number of unbranched alkanes of at least 4 members (excludes halogenated alkanes) is 36. The number of rotatable bonds is 74. The van der Waals surface area contributed by atoms with Gasteiger partial charge in [-0.15, -0.1) is 0 Å². The zero-order valence-electron chi connectivity index (χ0n) is 64.2. The Labute approximate surface area is 605 Å². The molecule has 2 atom stereocenters. The second kappa shape index (κ2) is 77.1. The lowest BCUT2D eigenvalue weighted by molar-refractivity contribution is -0.870. The molecule has 9 nitrogen and oxygen atoms in total. The van der Waals surface area contributed by atoms with Crippen LogP contribution in [0.1, 0.15) is 348 Å². The Morgan fingerprint density at radius 2 is 0.582 bits per heavy atom. The maximum absolute atomic E-state index is 12.9. The molecule has 0 N–H and O–H groups in total. The Morgan fingerprint density at radius 1 is 0.327 bits per heavy atom. The molecule has 0 radical (unpaired) electrons. The summed E-state index contributed by atoms with van der Waals surface area (Å²) >= 11 is 0. The first-order valence-electron chi connectivity index (χ1n) is 40.5. The molecule has 0 spiro atoms. The van der Waals surface area contributed by atoms with Crippen LogP contribution in [0.15, 0.2) is 146 Å². The van der Waals surface area contributed by atoms with Gasteiger partial charge in [0.2, 0.25) is 0 Å². The number of likely N-dealkylation sites (N-methyl/N-ethyl adjacent to an activating group) is 1. The van der Waals surface area contributed by atoms with Crippen LogP contribution in [0.2, 0.25) is 0 Å². The van der Waals surface area contributed by atoms with Crippen LogP contribution in [0.4, 0.5) is 0 Å². The topological polar surface area (TPSA) is 111 Å². The van der Waals surface area contributed by atoms with Crippen LogP contribution in [-0.4, -0.2) is 70.0 Å². The van der Waals surface area contributed by atoms with E-state index >= 15 is 0 Å². The van der Waals surface area contributed by atoms with Gasteiger partial charge >= 0.3 is 11.9 Å². The first kappa shape index (κ1) is 93.9. The van der Waals surface area contributed by atoms with E-state index in [1.54, 1.807) is 0 Å². The van der Waals surface area contributed by atoms with E-state index in [1.165, 1.54) is 193 Å². The highest BCUT2D eigenvalue weighted by atomic mass is 31.2. The Bertz CT molecular complexity index is 2170. The fraction of sp³-hybridized carbons (Fsp3) is 0.705. The van der Waals surface area contributed by atoms with Crippen molar-refractivity contribution in [3.8, 4) is 0 Å². The molecule has 98 heavy (non-hydrogen) atoms. The van der Waals surface area contributed by atoms with Crippen molar-refractivity contribution < 1.29 is 42.1 Å². The summed E-state index contributed by atoms with van der Waals surface area (Å²) in [6, 6.07) is 0. The van der Waals surface area contributed by atoms with Gasteiger partial charge in [-0.05, 0) is 122 Å². The number of nitrogens with zero attached hydrogens (tertiary/aromatic N) is 1. The molecule has 0 bridgehead atoms. The summed E-state index contributed by atoms with van der Waals surface area (Å²) in [4.78, 5) is 38.2. The van der Waals surface area contributed by atoms with Crippen LogP contribution >= 0.6 is 7.82 Å². The molecule has 0 saturated heterocycles. The van der Waals surface area contributed by atoms with Crippen LogP contribution < -0.4 is 4.89 Å². The standard InChI is InChI=1S/C88H152NO8P/c1-6-8-10-12-14-16-18-20-22-24-26-28-30-32-34-36-38-40-42-43-44-45-47-49-51-53-55-57-59-61-63-65-67-69-71-73-75-77-79-81-88(91)97-86(85-96-98(92,93)95-83-82-89(3,4)5)84-94-87(90)80-78-76-74-72-70-68-66-64-62-60-58-56-54-52-50-48-46-41-39-37-35-33-31-29-27-25-23-21-19-17-15-13-11-9-7-2/h8,10,14,16,20,22,25-28,32,34,38,40,43-44,47,49,53,55,59,61,65,67,86H,6-7,9,11-13,15,17-19,21,23-24,29-31,33,35-37,39,41-42,45-46,48,50-52,54,56-58,60,62-64,66,68-85H2,1-5H3/b10-8-,16-14-,22-20-,27-25-,28-26-,34-32-,40-38-,44-43-,49-47-,55-53-,61-59-,67-65-. The number of carbonyl (C=O) groups excluding carboxylic acids is 2. The van der Waals surface area contributed by atoms with Gasteiger partial charge in [0, 0.05) is 12.8 Å². The van der Waals surface area contributed by atoms with Crippen molar-refractivity contribution in [2.45, 2.75) is 354 Å². The van der Waals surface area contributed by atoms with Gasteiger partial charge in [-0.2, -0.15) is 0 Å². The molecule has 0 aliphatic carbocycles. The van der Waals surface area contributed by atoms with Crippen LogP contribution in [-0.2, 0) is 32.7 Å². The fourth-order valence-corrected chi connectivity index (χ4v) is 11.9. The molecule has 0 aromatic heterocycles. The summed E-state index contributed by atoms with van der Waals surface area (Å²) in [5.41, 5.74) is 0. The Morgan fingerprint density at radius 3 is 0.878 bits per heavy atom. The number of carbonyl (C=O) groups is 2. The molecule has 0 saturated carbocycles. The number of quaternary nitrogens is 1. The van der Waals surface area contributed by atoms with Gasteiger partial charge in [-0.25, -0.2) is 0 Å². The molecule has 0 aliphatic rings. The first-order chi connectivity index (χ1) is 48.0. The Kier molecular flexibility index (Phi) is 73.8. The highest BCUT2D eigenvalue weighted by Crippen LogP contribution is 2.38. The van der Waals surface area contributed by atoms with Gasteiger partial charge in [0.15, 0.2) is 6.10 Å². The molecular weight excluding hydrogens is 1230 g/mol. The van der Waals surface area contributed by atoms with E-state index < -0.39 is 26.5 Å². The molecule has 0 amide bonds. The first-order valence-corrected chi connectivity index (χ1v) is 42.0. The normalized spacial score (nSPS) is 13.8. The van der Waals surface area contributed by atoms with Crippen molar-refractivity contribution in [3.05, 3.63) is 146 Å². The summed E-state index contributed by atoms with van der Waals surface area (Å²) in [7, 11) is 1.15. The molecule has 0 heterocycles. The third-order valence-electron chi connectivity index (χ3n) is 17.3. The maximum Gasteiger partial charge on any atom is 0.306 e. The van der Waals surface area contributed by atoms with Crippen molar-refractivity contribution in [2.24, 2.45) is 0 Å². The summed E-state index contributed by atoms with van der Waals surface area (Å²) in [6.07, 6.45) is 114. The van der Waals surface area contributed by atoms with E-state index in [4.69, 9.17) is 18.5 Å². The lowest BCUT2D eigenvalue weighted by Crippen LogP contribution is -2.37. The van der Waals surface area contributed by atoms with E-state index in [1.807, 2.05) is 21.1 Å². The van der Waals surface area contributed by atoms with Crippen molar-refractivity contribution >= 4 is 19.8 Å². The van der Waals surface area contributed by atoms with Gasteiger partial charge < -0.3 is 27.9 Å². The van der Waals surface area contributed by atoms with Crippen LogP contribution in [0, 0.1) is 0 Å². The smallest absolute Gasteiger partial charge is 0.306 e. The van der Waals surface area contributed by atoms with Crippen molar-refractivity contribution in [2.75, 3.05) is 47.5 Å². The molecule has 0 fully saturated rings. The number of hydrogen-bond acceptors (Lipinski definition) is 8. The van der Waals surface area contributed by atoms with Gasteiger partial charge in [0.1, 0.15) is 19.8 Å². The SMILES string of the molecule is CC/C=C\C/C=C\C/C=C\C/C=C\C/C=C\C/C=C\C/C=C\C/C=C\C/C=C\C/C=C\C/C=C\CCCCCCCC(=O)OC(COC(=O)CCCCCCCCCCCCCCCCCCCCCCCCC/C=C\CCCCCCCCCC)COP(=O)([O-])OCC[N+](C)(C)C. The quantitative estimate of drug-likeness (QED) is 0.0195. The molecule has 0 aromatic rings. The van der Waals surface area contributed by atoms with Gasteiger partial charge in [0.25, 0.3) is 7.82 Å². The van der Waals surface area contributed by atoms with Crippen LogP contribution in [0.3, 0.4) is 0 Å². The van der Waals surface area contributed by atoms with Crippen molar-refractivity contribution in [1.29, 1.82) is 0 Å². The van der Waals surface area contributed by atoms with E-state index in [-0.39, 0.29) is 32.0 Å². The highest BCUT2D eigenvalue weighted by Gasteiger charge is 2.22. The van der Waals surface area contributed by atoms with E-state index in [9.17, 15) is 19.0 Å². The average molecular weight is 1380 g/mol. The second-order valence-electron chi connectivity index (χ2n) is 28.0. The molecule has 0 rings (SSSR count). The molecule has 2 unspecified atom stereocenters. The number of esters is 2.